The number of para-hydroxylation sites is 1. The summed E-state index contributed by atoms with van der Waals surface area (Å²) in [7, 11) is 1.82. The van der Waals surface area contributed by atoms with Crippen molar-refractivity contribution in [2.75, 3.05) is 18.2 Å². The molecule has 0 bridgehead atoms. The summed E-state index contributed by atoms with van der Waals surface area (Å²) in [5.41, 5.74) is 0.00284. The van der Waals surface area contributed by atoms with Gasteiger partial charge in [-0.2, -0.15) is 5.10 Å². The van der Waals surface area contributed by atoms with E-state index in [1.807, 2.05) is 19.2 Å². The van der Waals surface area contributed by atoms with Crippen LogP contribution in [0.4, 0.5) is 0 Å². The highest BCUT2D eigenvalue weighted by Gasteiger charge is 2.28. The molecule has 8 nitrogen and oxygen atoms in total. The zero-order valence-corrected chi connectivity index (χ0v) is 14.9. The lowest BCUT2D eigenvalue weighted by molar-refractivity contribution is 0.0694. The first-order valence-corrected chi connectivity index (χ1v) is 8.81. The fourth-order valence-electron chi connectivity index (χ4n) is 3.58. The van der Waals surface area contributed by atoms with E-state index in [1.165, 1.54) is 6.20 Å². The third kappa shape index (κ3) is 3.03. The molecule has 1 saturated heterocycles. The lowest BCUT2D eigenvalue weighted by Gasteiger charge is -2.30. The highest BCUT2D eigenvalue weighted by atomic mass is 16.5. The monoisotopic (exact) mass is 368 g/mol. The molecule has 0 aliphatic carbocycles. The van der Waals surface area contributed by atoms with E-state index in [0.29, 0.717) is 23.4 Å². The number of pyridine rings is 1. The number of rotatable bonds is 5. The summed E-state index contributed by atoms with van der Waals surface area (Å²) in [4.78, 5) is 24.1. The van der Waals surface area contributed by atoms with Gasteiger partial charge in [0.2, 0.25) is 11.3 Å². The van der Waals surface area contributed by atoms with Gasteiger partial charge in [-0.25, -0.2) is 9.48 Å². The van der Waals surface area contributed by atoms with Crippen LogP contribution in [0.15, 0.2) is 47.5 Å². The molecule has 3 aromatic rings. The Morgan fingerprint density at radius 1 is 1.33 bits per heavy atom. The second kappa shape index (κ2) is 6.79. The summed E-state index contributed by atoms with van der Waals surface area (Å²) in [6.07, 6.45) is 4.98. The van der Waals surface area contributed by atoms with Crippen molar-refractivity contribution in [3.05, 3.63) is 58.5 Å². The van der Waals surface area contributed by atoms with Gasteiger partial charge in [0.1, 0.15) is 12.2 Å². The average Bonchev–Trinajstić information content (AvgIpc) is 3.29. The SMILES string of the molecule is Cn1nccc1OCC1CCCN1n1cc(C(=O)O)c(=O)c2ccccc21. The fourth-order valence-corrected chi connectivity index (χ4v) is 3.58. The summed E-state index contributed by atoms with van der Waals surface area (Å²) in [5.74, 6) is -0.542. The number of aromatic nitrogens is 3. The van der Waals surface area contributed by atoms with Gasteiger partial charge in [-0.1, -0.05) is 12.1 Å². The van der Waals surface area contributed by atoms with E-state index in [2.05, 4.69) is 10.1 Å². The molecule has 1 aromatic carbocycles. The fraction of sp³-hybridized carbons (Fsp3) is 0.316. The first kappa shape index (κ1) is 17.1. The molecule has 0 saturated carbocycles. The zero-order chi connectivity index (χ0) is 19.0. The molecule has 0 radical (unpaired) electrons. The number of hydrogen-bond acceptors (Lipinski definition) is 5. The van der Waals surface area contributed by atoms with E-state index in [4.69, 9.17) is 4.74 Å². The predicted molar refractivity (Wildman–Crippen MR) is 100.0 cm³/mol. The molecule has 4 rings (SSSR count). The maximum Gasteiger partial charge on any atom is 0.341 e. The van der Waals surface area contributed by atoms with Gasteiger partial charge in [0, 0.05) is 31.2 Å². The molecule has 27 heavy (non-hydrogen) atoms. The van der Waals surface area contributed by atoms with Crippen LogP contribution in [-0.2, 0) is 7.05 Å². The molecule has 1 unspecified atom stereocenters. The number of carbonyl (C=O) groups is 1. The van der Waals surface area contributed by atoms with Crippen LogP contribution in [0, 0.1) is 0 Å². The largest absolute Gasteiger partial charge is 0.477 e. The highest BCUT2D eigenvalue weighted by molar-refractivity contribution is 5.92. The van der Waals surface area contributed by atoms with E-state index < -0.39 is 11.4 Å². The molecule has 0 amide bonds. The maximum absolute atomic E-state index is 12.5. The molecule has 3 heterocycles. The van der Waals surface area contributed by atoms with E-state index in [9.17, 15) is 14.7 Å². The van der Waals surface area contributed by atoms with Gasteiger partial charge in [0.25, 0.3) is 0 Å². The number of aryl methyl sites for hydroxylation is 1. The van der Waals surface area contributed by atoms with Crippen LogP contribution in [0.3, 0.4) is 0 Å². The Morgan fingerprint density at radius 3 is 2.89 bits per heavy atom. The van der Waals surface area contributed by atoms with Gasteiger partial charge in [-0.15, -0.1) is 0 Å². The second-order valence-corrected chi connectivity index (χ2v) is 6.60. The maximum atomic E-state index is 12.5. The normalized spacial score (nSPS) is 16.8. The third-order valence-corrected chi connectivity index (χ3v) is 4.94. The first-order valence-electron chi connectivity index (χ1n) is 8.81. The Labute approximate surface area is 155 Å². The number of hydrogen-bond donors (Lipinski definition) is 1. The Balaban J connectivity index is 1.72. The Bertz CT molecular complexity index is 1060. The van der Waals surface area contributed by atoms with E-state index >= 15 is 0 Å². The first-order chi connectivity index (χ1) is 13.1. The molecule has 1 N–H and O–H groups in total. The van der Waals surface area contributed by atoms with Crippen molar-refractivity contribution >= 4 is 16.9 Å². The van der Waals surface area contributed by atoms with Gasteiger partial charge in [-0.3, -0.25) is 9.47 Å². The summed E-state index contributed by atoms with van der Waals surface area (Å²) in [5, 5.41) is 16.0. The van der Waals surface area contributed by atoms with Crippen LogP contribution in [-0.4, -0.2) is 44.7 Å². The number of carboxylic acids is 1. The average molecular weight is 368 g/mol. The molecule has 1 aliphatic heterocycles. The zero-order valence-electron chi connectivity index (χ0n) is 14.9. The molecule has 0 spiro atoms. The minimum atomic E-state index is -1.22. The molecule has 1 atom stereocenters. The molecule has 2 aromatic heterocycles. The van der Waals surface area contributed by atoms with Crippen molar-refractivity contribution in [2.45, 2.75) is 18.9 Å². The van der Waals surface area contributed by atoms with Crippen molar-refractivity contribution in [3.8, 4) is 5.88 Å². The number of nitrogens with zero attached hydrogens (tertiary/aromatic N) is 4. The quantitative estimate of drug-likeness (QED) is 0.736. The standard InChI is InChI=1S/C19H20N4O4/c1-21-17(8-9-20-21)27-12-13-5-4-10-22(13)23-11-15(19(25)26)18(24)14-6-2-3-7-16(14)23/h2-3,6-9,11,13H,4-5,10,12H2,1H3,(H,25,26). The Hall–Kier alpha value is -3.29. The van der Waals surface area contributed by atoms with Crippen LogP contribution >= 0.6 is 0 Å². The smallest absolute Gasteiger partial charge is 0.341 e. The van der Waals surface area contributed by atoms with Crippen LogP contribution < -0.4 is 15.2 Å². The molecular weight excluding hydrogens is 348 g/mol. The Kier molecular flexibility index (Phi) is 4.31. The highest BCUT2D eigenvalue weighted by Crippen LogP contribution is 2.21. The predicted octanol–water partition coefficient (Wildman–Crippen LogP) is 1.61. The van der Waals surface area contributed by atoms with Crippen LogP contribution in [0.1, 0.15) is 23.2 Å². The minimum Gasteiger partial charge on any atom is -0.477 e. The molecule has 140 valence electrons. The summed E-state index contributed by atoms with van der Waals surface area (Å²) in [6, 6.07) is 8.95. The number of fused-ring (bicyclic) bond motifs is 1. The van der Waals surface area contributed by atoms with E-state index in [1.54, 1.807) is 33.8 Å². The van der Waals surface area contributed by atoms with Crippen molar-refractivity contribution in [1.82, 2.24) is 14.5 Å². The molecular formula is C19H20N4O4. The Morgan fingerprint density at radius 2 is 2.15 bits per heavy atom. The number of aromatic carboxylic acids is 1. The van der Waals surface area contributed by atoms with Crippen molar-refractivity contribution in [3.63, 3.8) is 0 Å². The summed E-state index contributed by atoms with van der Waals surface area (Å²) < 4.78 is 9.35. The number of carboxylic acid groups (broad SMARTS) is 1. The molecule has 1 fully saturated rings. The second-order valence-electron chi connectivity index (χ2n) is 6.60. The number of ether oxygens (including phenoxy) is 1. The van der Waals surface area contributed by atoms with Gasteiger partial charge in [0.05, 0.1) is 17.8 Å². The van der Waals surface area contributed by atoms with Crippen LogP contribution in [0.2, 0.25) is 0 Å². The van der Waals surface area contributed by atoms with Crippen molar-refractivity contribution in [1.29, 1.82) is 0 Å². The summed E-state index contributed by atoms with van der Waals surface area (Å²) >= 11 is 0. The van der Waals surface area contributed by atoms with Gasteiger partial charge < -0.3 is 14.9 Å². The van der Waals surface area contributed by atoms with Crippen molar-refractivity contribution in [2.24, 2.45) is 7.05 Å². The topological polar surface area (TPSA) is 89.6 Å². The van der Waals surface area contributed by atoms with Crippen LogP contribution in [0.5, 0.6) is 5.88 Å². The van der Waals surface area contributed by atoms with Gasteiger partial charge in [-0.05, 0) is 25.0 Å². The lowest BCUT2D eigenvalue weighted by atomic mass is 10.1. The molecule has 8 heteroatoms. The van der Waals surface area contributed by atoms with E-state index in [-0.39, 0.29) is 11.6 Å². The van der Waals surface area contributed by atoms with Gasteiger partial charge in [0.15, 0.2) is 0 Å². The minimum absolute atomic E-state index is 0.0625. The van der Waals surface area contributed by atoms with Crippen LogP contribution in [0.25, 0.3) is 10.9 Å². The third-order valence-electron chi connectivity index (χ3n) is 4.94. The van der Waals surface area contributed by atoms with E-state index in [0.717, 1.165) is 19.4 Å². The summed E-state index contributed by atoms with van der Waals surface area (Å²) in [6.45, 7) is 1.20. The number of benzene rings is 1. The lowest BCUT2D eigenvalue weighted by Crippen LogP contribution is -2.43. The van der Waals surface area contributed by atoms with Crippen molar-refractivity contribution < 1.29 is 14.6 Å². The van der Waals surface area contributed by atoms with Gasteiger partial charge >= 0.3 is 5.97 Å². The molecule has 1 aliphatic rings.